The Morgan fingerprint density at radius 2 is 1.95 bits per heavy atom. The minimum Gasteiger partial charge on any atom is -0.497 e. The number of aryl methyl sites for hydroxylation is 1. The normalized spacial score (nSPS) is 10.8. The van der Waals surface area contributed by atoms with Gasteiger partial charge in [0, 0.05) is 10.9 Å². The van der Waals surface area contributed by atoms with E-state index in [1.807, 2.05) is 22.9 Å². The van der Waals surface area contributed by atoms with Crippen molar-refractivity contribution in [1.29, 1.82) is 0 Å². The number of hydrogen-bond donors (Lipinski definition) is 0. The molecule has 0 aliphatic rings. The minimum atomic E-state index is 0.690. The maximum absolute atomic E-state index is 5.23. The Hall–Kier alpha value is -2.55. The van der Waals surface area contributed by atoms with Crippen molar-refractivity contribution in [2.24, 2.45) is 0 Å². The van der Waals surface area contributed by atoms with Gasteiger partial charge in [-0.2, -0.15) is 5.10 Å². The van der Waals surface area contributed by atoms with Gasteiger partial charge in [-0.15, -0.1) is 6.58 Å². The molecule has 0 amide bonds. The first-order valence-corrected chi connectivity index (χ1v) is 6.96. The monoisotopic (exact) mass is 278 g/mol. The summed E-state index contributed by atoms with van der Waals surface area (Å²) in [6.45, 7) is 6.61. The summed E-state index contributed by atoms with van der Waals surface area (Å²) in [7, 11) is 1.68. The number of allylic oxidation sites excluding steroid dienone is 1. The molecule has 0 unspecified atom stereocenters. The zero-order chi connectivity index (χ0) is 14.8. The summed E-state index contributed by atoms with van der Waals surface area (Å²) in [4.78, 5) is 0. The lowest BCUT2D eigenvalue weighted by molar-refractivity contribution is 0.415. The standard InChI is InChI=1S/C18H18N2O/c1-4-12-20-18(14-8-10-15(21-3)11-9-14)16-7-5-6-13(2)17(16)19-20/h4-11H,1,12H2,2-3H3. The topological polar surface area (TPSA) is 27.1 Å². The van der Waals surface area contributed by atoms with E-state index in [1.54, 1.807) is 7.11 Å². The van der Waals surface area contributed by atoms with Crippen molar-refractivity contribution in [2.75, 3.05) is 7.11 Å². The molecule has 0 N–H and O–H groups in total. The van der Waals surface area contributed by atoms with Crippen LogP contribution in [-0.2, 0) is 6.54 Å². The Kier molecular flexibility index (Phi) is 3.48. The molecule has 0 bridgehead atoms. The Bertz CT molecular complexity index is 785. The van der Waals surface area contributed by atoms with Crippen LogP contribution >= 0.6 is 0 Å². The highest BCUT2D eigenvalue weighted by atomic mass is 16.5. The van der Waals surface area contributed by atoms with Crippen molar-refractivity contribution >= 4 is 10.9 Å². The Labute approximate surface area is 124 Å². The summed E-state index contributed by atoms with van der Waals surface area (Å²) in [5, 5.41) is 5.90. The van der Waals surface area contributed by atoms with Crippen molar-refractivity contribution in [3.63, 3.8) is 0 Å². The molecule has 3 aromatic rings. The molecular formula is C18H18N2O. The number of methoxy groups -OCH3 is 1. The van der Waals surface area contributed by atoms with E-state index in [0.29, 0.717) is 6.54 Å². The lowest BCUT2D eigenvalue weighted by Gasteiger charge is -2.07. The second kappa shape index (κ2) is 5.44. The number of fused-ring (bicyclic) bond motifs is 1. The molecule has 2 aromatic carbocycles. The molecule has 0 saturated heterocycles. The lowest BCUT2D eigenvalue weighted by Crippen LogP contribution is -1.99. The molecule has 0 saturated carbocycles. The predicted molar refractivity (Wildman–Crippen MR) is 86.7 cm³/mol. The first-order valence-electron chi connectivity index (χ1n) is 6.96. The second-order valence-corrected chi connectivity index (χ2v) is 5.02. The maximum atomic E-state index is 5.23. The van der Waals surface area contributed by atoms with Crippen LogP contribution in [0, 0.1) is 6.92 Å². The summed E-state index contributed by atoms with van der Waals surface area (Å²) in [5.41, 5.74) is 4.48. The van der Waals surface area contributed by atoms with Crippen LogP contribution in [-0.4, -0.2) is 16.9 Å². The molecular weight excluding hydrogens is 260 g/mol. The highest BCUT2D eigenvalue weighted by Gasteiger charge is 2.13. The first kappa shape index (κ1) is 13.4. The van der Waals surface area contributed by atoms with Gasteiger partial charge in [0.2, 0.25) is 0 Å². The van der Waals surface area contributed by atoms with E-state index >= 15 is 0 Å². The highest BCUT2D eigenvalue weighted by Crippen LogP contribution is 2.31. The Balaban J connectivity index is 2.25. The number of rotatable bonds is 4. The van der Waals surface area contributed by atoms with E-state index in [-0.39, 0.29) is 0 Å². The van der Waals surface area contributed by atoms with Crippen molar-refractivity contribution in [3.05, 3.63) is 60.7 Å². The fourth-order valence-electron chi connectivity index (χ4n) is 2.60. The third kappa shape index (κ3) is 2.31. The van der Waals surface area contributed by atoms with Crippen LogP contribution in [0.25, 0.3) is 22.2 Å². The molecule has 106 valence electrons. The molecule has 3 rings (SSSR count). The zero-order valence-electron chi connectivity index (χ0n) is 12.3. The number of nitrogens with zero attached hydrogens (tertiary/aromatic N) is 2. The third-order valence-electron chi connectivity index (χ3n) is 3.64. The van der Waals surface area contributed by atoms with Crippen molar-refractivity contribution in [2.45, 2.75) is 13.5 Å². The van der Waals surface area contributed by atoms with Crippen molar-refractivity contribution < 1.29 is 4.74 Å². The smallest absolute Gasteiger partial charge is 0.118 e. The van der Waals surface area contributed by atoms with E-state index in [1.165, 1.54) is 10.9 Å². The van der Waals surface area contributed by atoms with Crippen LogP contribution in [0.4, 0.5) is 0 Å². The number of ether oxygens (including phenoxy) is 1. The van der Waals surface area contributed by atoms with Crippen LogP contribution in [0.15, 0.2) is 55.1 Å². The molecule has 0 radical (unpaired) electrons. The summed E-state index contributed by atoms with van der Waals surface area (Å²) < 4.78 is 7.24. The average molecular weight is 278 g/mol. The van der Waals surface area contributed by atoms with Crippen LogP contribution in [0.1, 0.15) is 5.56 Å². The molecule has 0 aliphatic heterocycles. The van der Waals surface area contributed by atoms with Gasteiger partial charge in [0.1, 0.15) is 5.75 Å². The van der Waals surface area contributed by atoms with E-state index in [2.05, 4.69) is 43.8 Å². The summed E-state index contributed by atoms with van der Waals surface area (Å²) in [6.07, 6.45) is 1.87. The minimum absolute atomic E-state index is 0.690. The molecule has 3 heteroatoms. The van der Waals surface area contributed by atoms with E-state index < -0.39 is 0 Å². The van der Waals surface area contributed by atoms with Gasteiger partial charge in [-0.25, -0.2) is 0 Å². The van der Waals surface area contributed by atoms with Crippen molar-refractivity contribution in [1.82, 2.24) is 9.78 Å². The molecule has 1 aromatic heterocycles. The van der Waals surface area contributed by atoms with E-state index in [0.717, 1.165) is 22.5 Å². The van der Waals surface area contributed by atoms with Gasteiger partial charge in [0.05, 0.1) is 24.9 Å². The predicted octanol–water partition coefficient (Wildman–Crippen LogP) is 4.21. The van der Waals surface area contributed by atoms with Crippen LogP contribution in [0.2, 0.25) is 0 Å². The highest BCUT2D eigenvalue weighted by molar-refractivity contribution is 5.95. The number of hydrogen-bond acceptors (Lipinski definition) is 2. The number of aromatic nitrogens is 2. The van der Waals surface area contributed by atoms with Gasteiger partial charge in [-0.05, 0) is 36.8 Å². The summed E-state index contributed by atoms with van der Waals surface area (Å²) in [5.74, 6) is 0.856. The molecule has 21 heavy (non-hydrogen) atoms. The maximum Gasteiger partial charge on any atom is 0.118 e. The van der Waals surface area contributed by atoms with Crippen LogP contribution in [0.5, 0.6) is 5.75 Å². The summed E-state index contributed by atoms with van der Waals surface area (Å²) in [6, 6.07) is 14.4. The lowest BCUT2D eigenvalue weighted by atomic mass is 10.1. The van der Waals surface area contributed by atoms with Gasteiger partial charge >= 0.3 is 0 Å². The molecule has 0 spiro atoms. The molecule has 1 heterocycles. The number of benzene rings is 2. The van der Waals surface area contributed by atoms with E-state index in [9.17, 15) is 0 Å². The van der Waals surface area contributed by atoms with E-state index in [4.69, 9.17) is 9.84 Å². The average Bonchev–Trinajstić information content (AvgIpc) is 2.87. The van der Waals surface area contributed by atoms with Crippen molar-refractivity contribution in [3.8, 4) is 17.0 Å². The van der Waals surface area contributed by atoms with Gasteiger partial charge in [-0.3, -0.25) is 4.68 Å². The Morgan fingerprint density at radius 3 is 2.62 bits per heavy atom. The SMILES string of the molecule is C=CCn1nc2c(C)cccc2c1-c1ccc(OC)cc1. The van der Waals surface area contributed by atoms with Gasteiger partial charge in [-0.1, -0.05) is 24.3 Å². The van der Waals surface area contributed by atoms with Gasteiger partial charge in [0.25, 0.3) is 0 Å². The molecule has 3 nitrogen and oxygen atoms in total. The third-order valence-corrected chi connectivity index (χ3v) is 3.64. The molecule has 0 fully saturated rings. The largest absolute Gasteiger partial charge is 0.497 e. The zero-order valence-corrected chi connectivity index (χ0v) is 12.3. The molecule has 0 atom stereocenters. The first-order chi connectivity index (χ1) is 10.2. The van der Waals surface area contributed by atoms with Crippen LogP contribution in [0.3, 0.4) is 0 Å². The quantitative estimate of drug-likeness (QED) is 0.669. The van der Waals surface area contributed by atoms with Gasteiger partial charge in [0.15, 0.2) is 0 Å². The Morgan fingerprint density at radius 1 is 1.19 bits per heavy atom. The fourth-order valence-corrected chi connectivity index (χ4v) is 2.60. The molecule has 0 aliphatic carbocycles. The fraction of sp³-hybridized carbons (Fsp3) is 0.167. The van der Waals surface area contributed by atoms with Gasteiger partial charge < -0.3 is 4.74 Å². The second-order valence-electron chi connectivity index (χ2n) is 5.02. The van der Waals surface area contributed by atoms with Crippen LogP contribution < -0.4 is 4.74 Å². The summed E-state index contributed by atoms with van der Waals surface area (Å²) >= 11 is 0.